The molecule has 5 rings (SSSR count). The maximum absolute atomic E-state index is 14.0. The number of carbonyl (C=O) groups excluding carboxylic acids is 3. The number of amides is 3. The molecule has 1 aromatic carbocycles. The normalized spacial score (nSPS) is 30.2. The Labute approximate surface area is 230 Å². The van der Waals surface area contributed by atoms with Gasteiger partial charge in [0.15, 0.2) is 0 Å². The summed E-state index contributed by atoms with van der Waals surface area (Å²) in [5.41, 5.74) is -0.567. The molecular weight excluding hydrogens is 504 g/mol. The number of anilines is 1. The number of likely N-dealkylation sites (tertiary alicyclic amines) is 1. The quantitative estimate of drug-likeness (QED) is 0.441. The van der Waals surface area contributed by atoms with Crippen LogP contribution in [-0.4, -0.2) is 77.5 Å². The van der Waals surface area contributed by atoms with E-state index in [9.17, 15) is 14.4 Å². The molecule has 0 radical (unpaired) electrons. The predicted octanol–water partition coefficient (Wildman–Crippen LogP) is 3.61. The molecule has 2 N–H and O–H groups in total. The number of hydrogen-bond acceptors (Lipinski definition) is 5. The fraction of sp³-hybridized carbons (Fsp3) is 0.621. The number of benzene rings is 1. The smallest absolute Gasteiger partial charge is 0.246 e. The molecule has 8 nitrogen and oxygen atoms in total. The van der Waals surface area contributed by atoms with Gasteiger partial charge in [-0.1, -0.05) is 62.9 Å². The van der Waals surface area contributed by atoms with Gasteiger partial charge in [-0.2, -0.15) is 0 Å². The summed E-state index contributed by atoms with van der Waals surface area (Å²) in [6, 6.07) is 6.27. The molecule has 9 heteroatoms. The van der Waals surface area contributed by atoms with Crippen LogP contribution in [0.1, 0.15) is 52.4 Å². The van der Waals surface area contributed by atoms with Crippen molar-refractivity contribution in [3.8, 4) is 0 Å². The lowest BCUT2D eigenvalue weighted by molar-refractivity contribution is -0.141. The lowest BCUT2D eigenvalue weighted by atomic mass is 9.74. The summed E-state index contributed by atoms with van der Waals surface area (Å²) in [5, 5.41) is 6.68. The molecule has 1 aliphatic carbocycles. The average Bonchev–Trinajstić information content (AvgIpc) is 3.54. The van der Waals surface area contributed by atoms with E-state index in [2.05, 4.69) is 29.4 Å². The Morgan fingerprint density at radius 1 is 1.16 bits per heavy atom. The highest BCUT2D eigenvalue weighted by atomic mass is 35.5. The van der Waals surface area contributed by atoms with Crippen molar-refractivity contribution in [3.63, 3.8) is 0 Å². The monoisotopic (exact) mass is 542 g/mol. The summed E-state index contributed by atoms with van der Waals surface area (Å²) in [4.78, 5) is 45.4. The summed E-state index contributed by atoms with van der Waals surface area (Å²) >= 11 is 6.11. The van der Waals surface area contributed by atoms with E-state index in [0.29, 0.717) is 17.3 Å². The van der Waals surface area contributed by atoms with E-state index in [1.54, 1.807) is 29.2 Å². The maximum Gasteiger partial charge on any atom is 0.246 e. The van der Waals surface area contributed by atoms with Crippen LogP contribution in [-0.2, 0) is 19.1 Å². The van der Waals surface area contributed by atoms with E-state index in [1.807, 2.05) is 12.2 Å². The van der Waals surface area contributed by atoms with Crippen molar-refractivity contribution in [2.45, 2.75) is 76.2 Å². The van der Waals surface area contributed by atoms with Gasteiger partial charge in [-0.25, -0.2) is 0 Å². The zero-order chi connectivity index (χ0) is 26.9. The van der Waals surface area contributed by atoms with Gasteiger partial charge in [0.05, 0.1) is 17.9 Å². The molecule has 38 heavy (non-hydrogen) atoms. The third-order valence-electron chi connectivity index (χ3n) is 8.74. The molecule has 206 valence electrons. The molecule has 5 atom stereocenters. The second-order valence-corrected chi connectivity index (χ2v) is 11.4. The summed E-state index contributed by atoms with van der Waals surface area (Å²) in [6.45, 7) is 7.39. The fourth-order valence-corrected chi connectivity index (χ4v) is 7.02. The average molecular weight is 543 g/mol. The van der Waals surface area contributed by atoms with Crippen LogP contribution in [0.15, 0.2) is 36.4 Å². The summed E-state index contributed by atoms with van der Waals surface area (Å²) < 4.78 is 6.44. The van der Waals surface area contributed by atoms with Gasteiger partial charge in [0.2, 0.25) is 17.7 Å². The van der Waals surface area contributed by atoms with Crippen LogP contribution >= 0.6 is 11.6 Å². The van der Waals surface area contributed by atoms with Crippen LogP contribution in [0.3, 0.4) is 0 Å². The second kappa shape index (κ2) is 11.4. The van der Waals surface area contributed by atoms with Gasteiger partial charge in [-0.3, -0.25) is 14.4 Å². The highest BCUT2D eigenvalue weighted by Crippen LogP contribution is 2.55. The van der Waals surface area contributed by atoms with Crippen LogP contribution in [0.25, 0.3) is 0 Å². The van der Waals surface area contributed by atoms with Crippen LogP contribution in [0, 0.1) is 11.8 Å². The van der Waals surface area contributed by atoms with Crippen molar-refractivity contribution >= 4 is 35.0 Å². The lowest BCUT2D eigenvalue weighted by Gasteiger charge is -2.34. The molecule has 1 spiro atoms. The zero-order valence-corrected chi connectivity index (χ0v) is 23.1. The van der Waals surface area contributed by atoms with Crippen LogP contribution in [0.2, 0.25) is 5.02 Å². The molecule has 3 amide bonds. The number of nitrogens with one attached hydrogen (secondary N) is 2. The zero-order valence-electron chi connectivity index (χ0n) is 22.3. The Morgan fingerprint density at radius 3 is 2.63 bits per heavy atom. The van der Waals surface area contributed by atoms with Crippen molar-refractivity contribution in [3.05, 3.63) is 41.4 Å². The number of rotatable bonds is 10. The maximum atomic E-state index is 14.0. The largest absolute Gasteiger partial charge is 0.359 e. The molecule has 1 aromatic rings. The first-order chi connectivity index (χ1) is 18.4. The van der Waals surface area contributed by atoms with Crippen molar-refractivity contribution in [1.29, 1.82) is 0 Å². The second-order valence-electron chi connectivity index (χ2n) is 11.0. The molecule has 0 aromatic heterocycles. The number of nitrogens with zero attached hydrogens (tertiary/aromatic N) is 2. The molecule has 4 aliphatic rings. The Bertz CT molecular complexity index is 1090. The van der Waals surface area contributed by atoms with Gasteiger partial charge in [0.1, 0.15) is 11.6 Å². The van der Waals surface area contributed by atoms with E-state index >= 15 is 0 Å². The summed E-state index contributed by atoms with van der Waals surface area (Å²) in [5.74, 6) is -2.10. The van der Waals surface area contributed by atoms with E-state index in [4.69, 9.17) is 16.3 Å². The van der Waals surface area contributed by atoms with E-state index in [-0.39, 0.29) is 23.8 Å². The molecule has 2 saturated heterocycles. The molecule has 2 bridgehead atoms. The topological polar surface area (TPSA) is 91.0 Å². The fourth-order valence-electron chi connectivity index (χ4n) is 6.83. The van der Waals surface area contributed by atoms with Gasteiger partial charge in [-0.05, 0) is 57.1 Å². The van der Waals surface area contributed by atoms with E-state index in [1.165, 1.54) is 6.42 Å². The van der Waals surface area contributed by atoms with Gasteiger partial charge in [-0.15, -0.1) is 0 Å². The number of hydrogen-bond donors (Lipinski definition) is 2. The molecule has 3 fully saturated rings. The minimum Gasteiger partial charge on any atom is -0.359 e. The van der Waals surface area contributed by atoms with Crippen molar-refractivity contribution in [2.75, 3.05) is 31.5 Å². The standard InChI is InChI=1S/C29H39ClN4O4/c1-3-33(4-2)16-9-17-34-25(27(36)31-20-11-6-5-7-12-20)29-15-14-22(38-29)23(24(29)28(34)37)26(35)32-21-13-8-10-19(30)18-21/h8,10,13-15,18,20,22-25H,3-7,9,11-12,16-17H2,1-2H3,(H,31,36)(H,32,35)/t22-,23-,24-,25-,29+/m1/s1. The molecule has 0 unspecified atom stereocenters. The number of ether oxygens (including phenoxy) is 1. The van der Waals surface area contributed by atoms with Crippen LogP contribution in [0.5, 0.6) is 0 Å². The molecule has 3 aliphatic heterocycles. The van der Waals surface area contributed by atoms with E-state index < -0.39 is 29.6 Å². The van der Waals surface area contributed by atoms with Gasteiger partial charge in [0.25, 0.3) is 0 Å². The first kappa shape index (κ1) is 27.2. The highest BCUT2D eigenvalue weighted by molar-refractivity contribution is 6.30. The molecular formula is C29H39ClN4O4. The number of fused-ring (bicyclic) bond motifs is 1. The van der Waals surface area contributed by atoms with E-state index in [0.717, 1.165) is 51.7 Å². The number of carbonyl (C=O) groups is 3. The number of halogens is 1. The van der Waals surface area contributed by atoms with Crippen molar-refractivity contribution in [2.24, 2.45) is 11.8 Å². The third kappa shape index (κ3) is 4.98. The lowest BCUT2D eigenvalue weighted by Crippen LogP contribution is -2.56. The minimum absolute atomic E-state index is 0.115. The first-order valence-corrected chi connectivity index (χ1v) is 14.5. The van der Waals surface area contributed by atoms with Crippen molar-refractivity contribution in [1.82, 2.24) is 15.1 Å². The highest BCUT2D eigenvalue weighted by Gasteiger charge is 2.72. The third-order valence-corrected chi connectivity index (χ3v) is 8.97. The Morgan fingerprint density at radius 2 is 1.92 bits per heavy atom. The van der Waals surface area contributed by atoms with Gasteiger partial charge >= 0.3 is 0 Å². The molecule has 3 heterocycles. The Hall–Kier alpha value is -2.42. The van der Waals surface area contributed by atoms with Crippen LogP contribution < -0.4 is 10.6 Å². The first-order valence-electron chi connectivity index (χ1n) is 14.1. The Balaban J connectivity index is 1.40. The summed E-state index contributed by atoms with van der Waals surface area (Å²) in [6.07, 6.45) is 9.21. The SMILES string of the molecule is CCN(CC)CCCN1C(=O)[C@H]2[C@H](C(=O)Nc3cccc(Cl)c3)[C@H]3C=C[C@@]2(O3)[C@H]1C(=O)NC1CCCCC1. The predicted molar refractivity (Wildman–Crippen MR) is 147 cm³/mol. The minimum atomic E-state index is -1.13. The van der Waals surface area contributed by atoms with Crippen molar-refractivity contribution < 1.29 is 19.1 Å². The van der Waals surface area contributed by atoms with Gasteiger partial charge < -0.3 is 25.2 Å². The van der Waals surface area contributed by atoms with Gasteiger partial charge in [0, 0.05) is 23.3 Å². The summed E-state index contributed by atoms with van der Waals surface area (Å²) in [7, 11) is 0. The molecule has 1 saturated carbocycles. The van der Waals surface area contributed by atoms with Crippen LogP contribution in [0.4, 0.5) is 5.69 Å². The Kier molecular flexibility index (Phi) is 8.12.